The van der Waals surface area contributed by atoms with Crippen LogP contribution in [0.5, 0.6) is 0 Å². The molecule has 1 aromatic carbocycles. The summed E-state index contributed by atoms with van der Waals surface area (Å²) >= 11 is 0. The minimum atomic E-state index is -4.37. The SMILES string of the molecule is COCC(C)(CCO)NCc1ccccc1C(F)(F)F. The van der Waals surface area contributed by atoms with E-state index in [4.69, 9.17) is 9.84 Å². The summed E-state index contributed by atoms with van der Waals surface area (Å²) in [6.45, 7) is 2.12. The summed E-state index contributed by atoms with van der Waals surface area (Å²) in [6.07, 6.45) is -3.97. The Hall–Kier alpha value is -1.11. The van der Waals surface area contributed by atoms with Crippen LogP contribution in [0.25, 0.3) is 0 Å². The average molecular weight is 291 g/mol. The minimum Gasteiger partial charge on any atom is -0.396 e. The van der Waals surface area contributed by atoms with Crippen LogP contribution in [-0.4, -0.2) is 31.0 Å². The zero-order chi connectivity index (χ0) is 15.2. The first-order valence-electron chi connectivity index (χ1n) is 6.32. The molecule has 0 aliphatic carbocycles. The van der Waals surface area contributed by atoms with Crippen molar-refractivity contribution in [2.75, 3.05) is 20.3 Å². The number of halogens is 3. The molecule has 0 fully saturated rings. The van der Waals surface area contributed by atoms with E-state index in [9.17, 15) is 13.2 Å². The molecule has 2 N–H and O–H groups in total. The number of hydrogen-bond acceptors (Lipinski definition) is 3. The van der Waals surface area contributed by atoms with Crippen LogP contribution in [0.4, 0.5) is 13.2 Å². The number of aliphatic hydroxyl groups excluding tert-OH is 1. The van der Waals surface area contributed by atoms with Crippen molar-refractivity contribution in [1.29, 1.82) is 0 Å². The van der Waals surface area contributed by atoms with Crippen molar-refractivity contribution in [1.82, 2.24) is 5.32 Å². The van der Waals surface area contributed by atoms with Gasteiger partial charge in [-0.2, -0.15) is 13.2 Å². The van der Waals surface area contributed by atoms with Gasteiger partial charge >= 0.3 is 6.18 Å². The normalized spacial score (nSPS) is 15.1. The molecule has 3 nitrogen and oxygen atoms in total. The van der Waals surface area contributed by atoms with Crippen LogP contribution in [0, 0.1) is 0 Å². The third kappa shape index (κ3) is 4.77. The second-order valence-corrected chi connectivity index (χ2v) is 4.98. The van der Waals surface area contributed by atoms with Crippen molar-refractivity contribution in [3.63, 3.8) is 0 Å². The smallest absolute Gasteiger partial charge is 0.396 e. The fourth-order valence-electron chi connectivity index (χ4n) is 2.04. The maximum absolute atomic E-state index is 12.9. The Morgan fingerprint density at radius 3 is 2.45 bits per heavy atom. The van der Waals surface area contributed by atoms with E-state index in [2.05, 4.69) is 5.32 Å². The van der Waals surface area contributed by atoms with Gasteiger partial charge in [-0.05, 0) is 25.0 Å². The largest absolute Gasteiger partial charge is 0.416 e. The van der Waals surface area contributed by atoms with Crippen molar-refractivity contribution in [2.45, 2.75) is 31.6 Å². The molecule has 1 aromatic rings. The maximum atomic E-state index is 12.9. The van der Waals surface area contributed by atoms with E-state index < -0.39 is 17.3 Å². The van der Waals surface area contributed by atoms with Gasteiger partial charge in [-0.3, -0.25) is 0 Å². The summed E-state index contributed by atoms with van der Waals surface area (Å²) in [6, 6.07) is 5.46. The monoisotopic (exact) mass is 291 g/mol. The van der Waals surface area contributed by atoms with Gasteiger partial charge in [0.2, 0.25) is 0 Å². The van der Waals surface area contributed by atoms with E-state index in [-0.39, 0.29) is 18.7 Å². The predicted octanol–water partition coefficient (Wildman–Crippen LogP) is 2.58. The number of benzene rings is 1. The second-order valence-electron chi connectivity index (χ2n) is 4.98. The molecular weight excluding hydrogens is 271 g/mol. The van der Waals surface area contributed by atoms with Gasteiger partial charge in [0, 0.05) is 25.8 Å². The Labute approximate surface area is 116 Å². The van der Waals surface area contributed by atoms with Gasteiger partial charge in [0.25, 0.3) is 0 Å². The molecule has 0 saturated carbocycles. The van der Waals surface area contributed by atoms with Crippen LogP contribution in [0.2, 0.25) is 0 Å². The molecule has 0 spiro atoms. The van der Waals surface area contributed by atoms with Gasteiger partial charge in [-0.25, -0.2) is 0 Å². The molecule has 0 aliphatic heterocycles. The van der Waals surface area contributed by atoms with Gasteiger partial charge in [0.1, 0.15) is 0 Å². The van der Waals surface area contributed by atoms with Gasteiger partial charge in [0.15, 0.2) is 0 Å². The molecule has 0 amide bonds. The predicted molar refractivity (Wildman–Crippen MR) is 70.3 cm³/mol. The Bertz CT molecular complexity index is 415. The molecule has 114 valence electrons. The summed E-state index contributed by atoms with van der Waals surface area (Å²) in [7, 11) is 1.51. The molecule has 20 heavy (non-hydrogen) atoms. The van der Waals surface area contributed by atoms with Gasteiger partial charge < -0.3 is 15.2 Å². The zero-order valence-corrected chi connectivity index (χ0v) is 11.6. The average Bonchev–Trinajstić information content (AvgIpc) is 2.36. The van der Waals surface area contributed by atoms with E-state index in [1.807, 2.05) is 6.92 Å². The van der Waals surface area contributed by atoms with E-state index in [1.54, 1.807) is 6.07 Å². The minimum absolute atomic E-state index is 0.0617. The molecule has 0 aliphatic rings. The van der Waals surface area contributed by atoms with Crippen molar-refractivity contribution < 1.29 is 23.0 Å². The fourth-order valence-corrected chi connectivity index (χ4v) is 2.04. The number of rotatable bonds is 7. The van der Waals surface area contributed by atoms with Crippen molar-refractivity contribution >= 4 is 0 Å². The summed E-state index contributed by atoms with van der Waals surface area (Å²) in [5, 5.41) is 12.1. The standard InChI is InChI=1S/C14H20F3NO2/c1-13(7-8-19,10-20-2)18-9-11-5-3-4-6-12(11)14(15,16)17/h3-6,18-19H,7-10H2,1-2H3. The van der Waals surface area contributed by atoms with Crippen LogP contribution >= 0.6 is 0 Å². The number of hydrogen-bond donors (Lipinski definition) is 2. The highest BCUT2D eigenvalue weighted by atomic mass is 19.4. The molecule has 6 heteroatoms. The number of methoxy groups -OCH3 is 1. The van der Waals surface area contributed by atoms with Crippen LogP contribution in [-0.2, 0) is 17.5 Å². The van der Waals surface area contributed by atoms with E-state index in [0.717, 1.165) is 6.07 Å². The maximum Gasteiger partial charge on any atom is 0.416 e. The summed E-state index contributed by atoms with van der Waals surface area (Å²) in [5.41, 5.74) is -1.03. The lowest BCUT2D eigenvalue weighted by Crippen LogP contribution is -2.46. The van der Waals surface area contributed by atoms with E-state index >= 15 is 0 Å². The van der Waals surface area contributed by atoms with Crippen LogP contribution < -0.4 is 5.32 Å². The fraction of sp³-hybridized carbons (Fsp3) is 0.571. The zero-order valence-electron chi connectivity index (χ0n) is 11.6. The lowest BCUT2D eigenvalue weighted by molar-refractivity contribution is -0.138. The van der Waals surface area contributed by atoms with Crippen LogP contribution in [0.1, 0.15) is 24.5 Å². The van der Waals surface area contributed by atoms with Gasteiger partial charge in [-0.15, -0.1) is 0 Å². The highest BCUT2D eigenvalue weighted by Crippen LogP contribution is 2.32. The summed E-state index contributed by atoms with van der Waals surface area (Å²) in [4.78, 5) is 0. The first-order valence-corrected chi connectivity index (χ1v) is 6.32. The molecule has 0 bridgehead atoms. The Kier molecular flexibility index (Phi) is 5.98. The van der Waals surface area contributed by atoms with E-state index in [1.165, 1.54) is 19.2 Å². The summed E-state index contributed by atoms with van der Waals surface area (Å²) in [5.74, 6) is 0. The molecule has 0 radical (unpaired) electrons. The quantitative estimate of drug-likeness (QED) is 0.811. The third-order valence-electron chi connectivity index (χ3n) is 3.15. The summed E-state index contributed by atoms with van der Waals surface area (Å²) < 4.78 is 43.7. The third-order valence-corrected chi connectivity index (χ3v) is 3.15. The number of ether oxygens (including phenoxy) is 1. The lowest BCUT2D eigenvalue weighted by Gasteiger charge is -2.30. The Morgan fingerprint density at radius 1 is 1.25 bits per heavy atom. The van der Waals surface area contributed by atoms with E-state index in [0.29, 0.717) is 13.0 Å². The molecule has 1 rings (SSSR count). The highest BCUT2D eigenvalue weighted by molar-refractivity contribution is 5.29. The first kappa shape index (κ1) is 16.9. The molecule has 0 heterocycles. The van der Waals surface area contributed by atoms with Crippen molar-refractivity contribution in [2.24, 2.45) is 0 Å². The van der Waals surface area contributed by atoms with Crippen molar-refractivity contribution in [3.05, 3.63) is 35.4 Å². The number of alkyl halides is 3. The molecule has 0 saturated heterocycles. The van der Waals surface area contributed by atoms with Crippen LogP contribution in [0.15, 0.2) is 24.3 Å². The lowest BCUT2D eigenvalue weighted by atomic mass is 9.98. The Balaban J connectivity index is 2.83. The highest BCUT2D eigenvalue weighted by Gasteiger charge is 2.33. The molecule has 1 unspecified atom stereocenters. The van der Waals surface area contributed by atoms with Crippen LogP contribution in [0.3, 0.4) is 0 Å². The van der Waals surface area contributed by atoms with Gasteiger partial charge in [0.05, 0.1) is 12.2 Å². The Morgan fingerprint density at radius 2 is 1.90 bits per heavy atom. The molecule has 0 aromatic heterocycles. The van der Waals surface area contributed by atoms with Gasteiger partial charge in [-0.1, -0.05) is 18.2 Å². The first-order chi connectivity index (χ1) is 9.32. The number of aliphatic hydroxyl groups is 1. The van der Waals surface area contributed by atoms with Crippen molar-refractivity contribution in [3.8, 4) is 0 Å². The second kappa shape index (κ2) is 7.06. The topological polar surface area (TPSA) is 41.5 Å². The molecular formula is C14H20F3NO2. The number of nitrogens with one attached hydrogen (secondary N) is 1. The molecule has 1 atom stereocenters.